The Bertz CT molecular complexity index is 925. The molecule has 0 spiro atoms. The van der Waals surface area contributed by atoms with E-state index in [1.165, 1.54) is 5.69 Å². The summed E-state index contributed by atoms with van der Waals surface area (Å²) in [5, 5.41) is 11.6. The molecular formula is C21H26ClN5O. The molecule has 0 bridgehead atoms. The Kier molecular flexibility index (Phi) is 4.25. The molecule has 28 heavy (non-hydrogen) atoms. The van der Waals surface area contributed by atoms with E-state index >= 15 is 0 Å². The third kappa shape index (κ3) is 3.12. The summed E-state index contributed by atoms with van der Waals surface area (Å²) in [5.74, 6) is 2.01. The number of pyridine rings is 1. The molecule has 3 atom stereocenters. The third-order valence-corrected chi connectivity index (χ3v) is 6.90. The molecule has 148 valence electrons. The zero-order valence-corrected chi connectivity index (χ0v) is 17.1. The molecule has 1 amide bonds. The first-order valence-corrected chi connectivity index (χ1v) is 10.5. The second-order valence-corrected chi connectivity index (χ2v) is 9.80. The van der Waals surface area contributed by atoms with Gasteiger partial charge in [-0.05, 0) is 55.7 Å². The normalized spacial score (nSPS) is 27.6. The molecule has 2 aromatic heterocycles. The predicted molar refractivity (Wildman–Crippen MR) is 109 cm³/mol. The lowest BCUT2D eigenvalue weighted by molar-refractivity contribution is -0.119. The summed E-state index contributed by atoms with van der Waals surface area (Å²) in [6.45, 7) is 7.49. The maximum Gasteiger partial charge on any atom is 0.228 e. The van der Waals surface area contributed by atoms with E-state index in [4.69, 9.17) is 11.6 Å². The fourth-order valence-corrected chi connectivity index (χ4v) is 5.40. The van der Waals surface area contributed by atoms with Crippen molar-refractivity contribution in [3.05, 3.63) is 29.2 Å². The van der Waals surface area contributed by atoms with Crippen LogP contribution in [0.25, 0.3) is 11.1 Å². The number of nitrogens with one attached hydrogen (secondary N) is 2. The van der Waals surface area contributed by atoms with E-state index < -0.39 is 0 Å². The van der Waals surface area contributed by atoms with Crippen molar-refractivity contribution in [2.24, 2.45) is 23.2 Å². The van der Waals surface area contributed by atoms with Crippen molar-refractivity contribution < 1.29 is 4.79 Å². The van der Waals surface area contributed by atoms with Crippen LogP contribution in [-0.4, -0.2) is 33.8 Å². The SMILES string of the molecule is CC1(C)Cc2c(-c3cc(NC(=O)C4CC5CNC[C@H]5C4)ncc3Cl)cnn2C1. The summed E-state index contributed by atoms with van der Waals surface area (Å²) < 4.78 is 2.07. The van der Waals surface area contributed by atoms with Crippen LogP contribution in [0.2, 0.25) is 5.02 Å². The van der Waals surface area contributed by atoms with Gasteiger partial charge in [-0.25, -0.2) is 4.98 Å². The van der Waals surface area contributed by atoms with Crippen LogP contribution in [0.1, 0.15) is 32.4 Å². The van der Waals surface area contributed by atoms with Crippen LogP contribution in [0.15, 0.2) is 18.5 Å². The number of carbonyl (C=O) groups excluding carboxylic acids is 1. The van der Waals surface area contributed by atoms with E-state index in [0.29, 0.717) is 22.7 Å². The maximum atomic E-state index is 12.8. The van der Waals surface area contributed by atoms with Crippen LogP contribution in [0, 0.1) is 23.2 Å². The van der Waals surface area contributed by atoms with E-state index in [1.807, 2.05) is 12.3 Å². The molecule has 5 rings (SSSR count). The van der Waals surface area contributed by atoms with Gasteiger partial charge < -0.3 is 10.6 Å². The van der Waals surface area contributed by atoms with Crippen molar-refractivity contribution in [3.8, 4) is 11.1 Å². The number of halogens is 1. The summed E-state index contributed by atoms with van der Waals surface area (Å²) in [7, 11) is 0. The Morgan fingerprint density at radius 3 is 2.75 bits per heavy atom. The van der Waals surface area contributed by atoms with Crippen molar-refractivity contribution in [1.29, 1.82) is 0 Å². The molecule has 0 radical (unpaired) electrons. The van der Waals surface area contributed by atoms with Crippen molar-refractivity contribution in [1.82, 2.24) is 20.1 Å². The van der Waals surface area contributed by atoms with Crippen LogP contribution in [0.3, 0.4) is 0 Å². The molecule has 2 aliphatic heterocycles. The fourth-order valence-electron chi connectivity index (χ4n) is 5.19. The van der Waals surface area contributed by atoms with Gasteiger partial charge in [0, 0.05) is 35.5 Å². The Morgan fingerprint density at radius 2 is 2.00 bits per heavy atom. The first-order valence-electron chi connectivity index (χ1n) is 10.1. The van der Waals surface area contributed by atoms with Crippen molar-refractivity contribution in [2.45, 2.75) is 39.7 Å². The molecule has 7 heteroatoms. The molecule has 1 aliphatic carbocycles. The Labute approximate surface area is 170 Å². The third-order valence-electron chi connectivity index (χ3n) is 6.59. The largest absolute Gasteiger partial charge is 0.316 e. The van der Waals surface area contributed by atoms with Crippen LogP contribution in [0.4, 0.5) is 5.82 Å². The van der Waals surface area contributed by atoms with Crippen molar-refractivity contribution in [2.75, 3.05) is 18.4 Å². The summed E-state index contributed by atoms with van der Waals surface area (Å²) in [4.78, 5) is 17.1. The molecule has 2 aromatic rings. The molecule has 4 heterocycles. The van der Waals surface area contributed by atoms with Gasteiger partial charge in [-0.1, -0.05) is 25.4 Å². The van der Waals surface area contributed by atoms with E-state index in [2.05, 4.69) is 39.2 Å². The van der Waals surface area contributed by atoms with Gasteiger partial charge in [0.05, 0.1) is 11.2 Å². The van der Waals surface area contributed by atoms with Crippen LogP contribution < -0.4 is 10.6 Å². The lowest BCUT2D eigenvalue weighted by atomic mass is 9.89. The smallest absolute Gasteiger partial charge is 0.228 e. The highest BCUT2D eigenvalue weighted by molar-refractivity contribution is 6.33. The molecule has 6 nitrogen and oxygen atoms in total. The number of rotatable bonds is 3. The number of carbonyl (C=O) groups is 1. The Hall–Kier alpha value is -1.92. The van der Waals surface area contributed by atoms with E-state index in [0.717, 1.165) is 50.0 Å². The highest BCUT2D eigenvalue weighted by Crippen LogP contribution is 2.41. The molecule has 1 saturated heterocycles. The van der Waals surface area contributed by atoms with Crippen LogP contribution in [-0.2, 0) is 17.8 Å². The van der Waals surface area contributed by atoms with Gasteiger partial charge in [0.2, 0.25) is 5.91 Å². The van der Waals surface area contributed by atoms with Crippen molar-refractivity contribution >= 4 is 23.3 Å². The maximum absolute atomic E-state index is 12.8. The molecule has 2 unspecified atom stereocenters. The van der Waals surface area contributed by atoms with Gasteiger partial charge in [0.25, 0.3) is 0 Å². The monoisotopic (exact) mass is 399 g/mol. The Balaban J connectivity index is 1.37. The first kappa shape index (κ1) is 18.1. The number of fused-ring (bicyclic) bond motifs is 2. The average Bonchev–Trinajstić information content (AvgIpc) is 3.35. The van der Waals surface area contributed by atoms with E-state index in [9.17, 15) is 4.79 Å². The number of hydrogen-bond acceptors (Lipinski definition) is 4. The quantitative estimate of drug-likeness (QED) is 0.830. The summed E-state index contributed by atoms with van der Waals surface area (Å²) >= 11 is 6.47. The van der Waals surface area contributed by atoms with Gasteiger partial charge in [0.15, 0.2) is 0 Å². The Morgan fingerprint density at radius 1 is 1.25 bits per heavy atom. The van der Waals surface area contributed by atoms with Gasteiger partial charge in [0.1, 0.15) is 5.82 Å². The van der Waals surface area contributed by atoms with Crippen molar-refractivity contribution in [3.63, 3.8) is 0 Å². The molecule has 2 N–H and O–H groups in total. The lowest BCUT2D eigenvalue weighted by Gasteiger charge is -2.15. The van der Waals surface area contributed by atoms with Gasteiger partial charge in [-0.15, -0.1) is 0 Å². The predicted octanol–water partition coefficient (Wildman–Crippen LogP) is 3.36. The van der Waals surface area contributed by atoms with E-state index in [1.54, 1.807) is 6.20 Å². The van der Waals surface area contributed by atoms with Crippen LogP contribution >= 0.6 is 11.6 Å². The number of anilines is 1. The second kappa shape index (κ2) is 6.56. The fraction of sp³-hybridized carbons (Fsp3) is 0.571. The minimum absolute atomic E-state index is 0.0801. The second-order valence-electron chi connectivity index (χ2n) is 9.39. The topological polar surface area (TPSA) is 71.8 Å². The minimum atomic E-state index is 0.0801. The van der Waals surface area contributed by atoms with Crippen LogP contribution in [0.5, 0.6) is 0 Å². The number of nitrogens with zero attached hydrogens (tertiary/aromatic N) is 3. The summed E-state index contributed by atoms with van der Waals surface area (Å²) in [6, 6.07) is 1.89. The highest BCUT2D eigenvalue weighted by Gasteiger charge is 2.40. The minimum Gasteiger partial charge on any atom is -0.316 e. The molecule has 3 aliphatic rings. The molecule has 1 saturated carbocycles. The lowest BCUT2D eigenvalue weighted by Crippen LogP contribution is -2.23. The summed E-state index contributed by atoms with van der Waals surface area (Å²) in [5.41, 5.74) is 3.32. The zero-order chi connectivity index (χ0) is 19.5. The number of amides is 1. The standard InChI is InChI=1S/C21H26ClN5O/c1-21(2)6-18-16(9-25-27(18)11-21)15-5-19(24-10-17(15)22)26-20(28)12-3-13-7-23-8-14(13)4-12/h5,9-10,12-14,23H,3-4,6-8,11H2,1-2H3,(H,24,26,28)/t12?,13-,14?/m1/s1. The first-order chi connectivity index (χ1) is 13.4. The molecular weight excluding hydrogens is 374 g/mol. The van der Waals surface area contributed by atoms with Gasteiger partial charge >= 0.3 is 0 Å². The van der Waals surface area contributed by atoms with E-state index in [-0.39, 0.29) is 17.2 Å². The molecule has 2 fully saturated rings. The summed E-state index contributed by atoms with van der Waals surface area (Å²) in [6.07, 6.45) is 6.40. The zero-order valence-electron chi connectivity index (χ0n) is 16.3. The highest BCUT2D eigenvalue weighted by atomic mass is 35.5. The number of hydrogen-bond donors (Lipinski definition) is 2. The van der Waals surface area contributed by atoms with Gasteiger partial charge in [-0.2, -0.15) is 5.10 Å². The number of aromatic nitrogens is 3. The van der Waals surface area contributed by atoms with Gasteiger partial charge in [-0.3, -0.25) is 9.48 Å². The average molecular weight is 400 g/mol. The molecule has 0 aromatic carbocycles.